The van der Waals surface area contributed by atoms with Crippen LogP contribution in [-0.4, -0.2) is 48.3 Å². The van der Waals surface area contributed by atoms with E-state index in [4.69, 9.17) is 9.26 Å². The van der Waals surface area contributed by atoms with Crippen molar-refractivity contribution in [3.8, 4) is 11.3 Å². The third kappa shape index (κ3) is 5.12. The highest BCUT2D eigenvalue weighted by Crippen LogP contribution is 2.19. The van der Waals surface area contributed by atoms with Crippen LogP contribution in [0.4, 0.5) is 4.39 Å². The maximum Gasteiger partial charge on any atom is 0.220 e. The number of nitrogens with zero attached hydrogens (tertiary/aromatic N) is 2. The number of aromatic nitrogens is 1. The number of hydrogen-bond donors (Lipinski definition) is 1. The Morgan fingerprint density at radius 1 is 1.31 bits per heavy atom. The molecule has 0 unspecified atom stereocenters. The normalized spacial score (nSPS) is 16.4. The van der Waals surface area contributed by atoms with Crippen LogP contribution in [0, 0.1) is 5.82 Å². The van der Waals surface area contributed by atoms with E-state index in [-0.39, 0.29) is 11.7 Å². The van der Waals surface area contributed by atoms with Crippen LogP contribution < -0.4 is 5.32 Å². The van der Waals surface area contributed by atoms with Gasteiger partial charge in [0.1, 0.15) is 11.5 Å². The van der Waals surface area contributed by atoms with Crippen LogP contribution >= 0.6 is 0 Å². The topological polar surface area (TPSA) is 67.6 Å². The summed E-state index contributed by atoms with van der Waals surface area (Å²) in [5.74, 6) is 0.264. The Morgan fingerprint density at radius 2 is 2.04 bits per heavy atom. The molecule has 2 heterocycles. The molecule has 1 aliphatic heterocycles. The molecule has 6 nitrogen and oxygen atoms in total. The Labute approximate surface area is 152 Å². The summed E-state index contributed by atoms with van der Waals surface area (Å²) in [6, 6.07) is 8.15. The van der Waals surface area contributed by atoms with Gasteiger partial charge in [0.2, 0.25) is 5.91 Å². The minimum absolute atomic E-state index is 0.00941. The van der Waals surface area contributed by atoms with Crippen molar-refractivity contribution in [1.82, 2.24) is 15.4 Å². The van der Waals surface area contributed by atoms with E-state index in [1.807, 2.05) is 0 Å². The Morgan fingerprint density at radius 3 is 2.77 bits per heavy atom. The number of rotatable bonds is 7. The highest BCUT2D eigenvalue weighted by atomic mass is 19.1. The summed E-state index contributed by atoms with van der Waals surface area (Å²) >= 11 is 0. The molecular weight excluding hydrogens is 337 g/mol. The van der Waals surface area contributed by atoms with E-state index in [1.165, 1.54) is 12.1 Å². The summed E-state index contributed by atoms with van der Waals surface area (Å²) in [7, 11) is 0. The summed E-state index contributed by atoms with van der Waals surface area (Å²) in [5, 5.41) is 6.82. The summed E-state index contributed by atoms with van der Waals surface area (Å²) in [6.45, 7) is 5.81. The zero-order valence-electron chi connectivity index (χ0n) is 14.9. The standard InChI is InChI=1S/C19H24FN3O3/c1-14(23-8-10-25-11-9-23)2-7-19(24)21-13-17-12-18(22-26-17)15-3-5-16(20)6-4-15/h3-6,12,14H,2,7-11,13H2,1H3,(H,21,24)/t14-/m1/s1. The quantitative estimate of drug-likeness (QED) is 0.821. The highest BCUT2D eigenvalue weighted by molar-refractivity contribution is 5.75. The number of hydrogen-bond acceptors (Lipinski definition) is 5. The molecule has 3 rings (SSSR count). The van der Waals surface area contributed by atoms with E-state index in [0.717, 1.165) is 38.3 Å². The van der Waals surface area contributed by atoms with E-state index < -0.39 is 0 Å². The monoisotopic (exact) mass is 361 g/mol. The third-order valence-corrected chi connectivity index (χ3v) is 4.62. The minimum atomic E-state index is -0.295. The Balaban J connectivity index is 1.42. The van der Waals surface area contributed by atoms with Crippen molar-refractivity contribution in [2.45, 2.75) is 32.4 Å². The molecule has 1 aromatic carbocycles. The van der Waals surface area contributed by atoms with Crippen LogP contribution in [-0.2, 0) is 16.1 Å². The van der Waals surface area contributed by atoms with Gasteiger partial charge in [0.05, 0.1) is 19.8 Å². The van der Waals surface area contributed by atoms with Crippen LogP contribution in [0.5, 0.6) is 0 Å². The number of carbonyl (C=O) groups is 1. The van der Waals surface area contributed by atoms with Gasteiger partial charge in [0.25, 0.3) is 0 Å². The van der Waals surface area contributed by atoms with Crippen molar-refractivity contribution >= 4 is 5.91 Å². The van der Waals surface area contributed by atoms with Gasteiger partial charge in [-0.3, -0.25) is 9.69 Å². The lowest BCUT2D eigenvalue weighted by Gasteiger charge is -2.32. The Hall–Kier alpha value is -2.25. The number of carbonyl (C=O) groups excluding carboxylic acids is 1. The van der Waals surface area contributed by atoms with Crippen LogP contribution in [0.25, 0.3) is 11.3 Å². The molecule has 0 aliphatic carbocycles. The van der Waals surface area contributed by atoms with E-state index in [9.17, 15) is 9.18 Å². The van der Waals surface area contributed by atoms with Gasteiger partial charge in [-0.05, 0) is 37.6 Å². The average molecular weight is 361 g/mol. The molecule has 0 spiro atoms. The lowest BCUT2D eigenvalue weighted by molar-refractivity contribution is -0.121. The van der Waals surface area contributed by atoms with Crippen molar-refractivity contribution in [3.63, 3.8) is 0 Å². The summed E-state index contributed by atoms with van der Waals surface area (Å²) in [4.78, 5) is 14.4. The van der Waals surface area contributed by atoms with Gasteiger partial charge in [-0.1, -0.05) is 5.16 Å². The largest absolute Gasteiger partial charge is 0.379 e. The number of halogens is 1. The van der Waals surface area contributed by atoms with E-state index in [1.54, 1.807) is 18.2 Å². The molecule has 0 radical (unpaired) electrons. The molecule has 1 aliphatic rings. The first-order valence-electron chi connectivity index (χ1n) is 8.92. The van der Waals surface area contributed by atoms with Crippen LogP contribution in [0.2, 0.25) is 0 Å². The molecule has 0 bridgehead atoms. The molecule has 7 heteroatoms. The summed E-state index contributed by atoms with van der Waals surface area (Å²) < 4.78 is 23.6. The molecule has 1 atom stereocenters. The number of ether oxygens (including phenoxy) is 1. The first-order valence-corrected chi connectivity index (χ1v) is 8.92. The summed E-state index contributed by atoms with van der Waals surface area (Å²) in [6.07, 6.45) is 1.28. The minimum Gasteiger partial charge on any atom is -0.379 e. The number of morpholine rings is 1. The van der Waals surface area contributed by atoms with Gasteiger partial charge in [0.15, 0.2) is 5.76 Å². The molecular formula is C19H24FN3O3. The van der Waals surface area contributed by atoms with Crippen molar-refractivity contribution in [1.29, 1.82) is 0 Å². The highest BCUT2D eigenvalue weighted by Gasteiger charge is 2.18. The fraction of sp³-hybridized carbons (Fsp3) is 0.474. The zero-order valence-corrected chi connectivity index (χ0v) is 14.9. The van der Waals surface area contributed by atoms with Crippen molar-refractivity contribution < 1.29 is 18.4 Å². The second-order valence-electron chi connectivity index (χ2n) is 6.50. The predicted octanol–water partition coefficient (Wildman–Crippen LogP) is 2.60. The molecule has 2 aromatic rings. The Kier molecular flexibility index (Phi) is 6.35. The van der Waals surface area contributed by atoms with Crippen LogP contribution in [0.3, 0.4) is 0 Å². The molecule has 1 N–H and O–H groups in total. The fourth-order valence-electron chi connectivity index (χ4n) is 2.97. The smallest absolute Gasteiger partial charge is 0.220 e. The van der Waals surface area contributed by atoms with E-state index in [2.05, 4.69) is 22.3 Å². The molecule has 26 heavy (non-hydrogen) atoms. The number of nitrogens with one attached hydrogen (secondary N) is 1. The molecule has 0 saturated carbocycles. The first kappa shape index (κ1) is 18.5. The van der Waals surface area contributed by atoms with Crippen molar-refractivity contribution in [2.24, 2.45) is 0 Å². The maximum absolute atomic E-state index is 13.0. The van der Waals surface area contributed by atoms with Gasteiger partial charge in [-0.15, -0.1) is 0 Å². The molecule has 1 aromatic heterocycles. The lowest BCUT2D eigenvalue weighted by atomic mass is 10.1. The van der Waals surface area contributed by atoms with Gasteiger partial charge >= 0.3 is 0 Å². The molecule has 1 amide bonds. The lowest BCUT2D eigenvalue weighted by Crippen LogP contribution is -2.42. The second-order valence-corrected chi connectivity index (χ2v) is 6.50. The van der Waals surface area contributed by atoms with Gasteiger partial charge in [-0.25, -0.2) is 4.39 Å². The van der Waals surface area contributed by atoms with Crippen LogP contribution in [0.1, 0.15) is 25.5 Å². The van der Waals surface area contributed by atoms with Crippen molar-refractivity contribution in [2.75, 3.05) is 26.3 Å². The summed E-state index contributed by atoms with van der Waals surface area (Å²) in [5.41, 5.74) is 1.39. The fourth-order valence-corrected chi connectivity index (χ4v) is 2.97. The van der Waals surface area contributed by atoms with Gasteiger partial charge in [-0.2, -0.15) is 0 Å². The molecule has 1 fully saturated rings. The number of amides is 1. The molecule has 1 saturated heterocycles. The van der Waals surface area contributed by atoms with E-state index >= 15 is 0 Å². The van der Waals surface area contributed by atoms with Crippen molar-refractivity contribution in [3.05, 3.63) is 41.9 Å². The van der Waals surface area contributed by atoms with E-state index in [0.29, 0.717) is 30.5 Å². The zero-order chi connectivity index (χ0) is 18.4. The second kappa shape index (κ2) is 8.91. The maximum atomic E-state index is 13.0. The first-order chi connectivity index (χ1) is 12.6. The third-order valence-electron chi connectivity index (χ3n) is 4.62. The predicted molar refractivity (Wildman–Crippen MR) is 94.8 cm³/mol. The van der Waals surface area contributed by atoms with Crippen LogP contribution in [0.15, 0.2) is 34.9 Å². The Bertz CT molecular complexity index is 711. The number of benzene rings is 1. The van der Waals surface area contributed by atoms with Gasteiger partial charge < -0.3 is 14.6 Å². The van der Waals surface area contributed by atoms with Gasteiger partial charge in [0, 0.05) is 37.2 Å². The average Bonchev–Trinajstić information content (AvgIpc) is 3.14. The SMILES string of the molecule is C[C@H](CCC(=O)NCc1cc(-c2ccc(F)cc2)no1)N1CCOCC1. The molecule has 140 valence electrons.